The molecule has 0 saturated heterocycles. The molecule has 0 aliphatic rings. The lowest BCUT2D eigenvalue weighted by Crippen LogP contribution is -2.27. The summed E-state index contributed by atoms with van der Waals surface area (Å²) in [7, 11) is 0. The quantitative estimate of drug-likeness (QED) is 0.678. The summed E-state index contributed by atoms with van der Waals surface area (Å²) in [6.07, 6.45) is 0. The summed E-state index contributed by atoms with van der Waals surface area (Å²) in [5, 5.41) is 0.884. The second-order valence-corrected chi connectivity index (χ2v) is 6.60. The van der Waals surface area contributed by atoms with Crippen molar-refractivity contribution in [2.45, 2.75) is 20.8 Å². The zero-order valence-electron chi connectivity index (χ0n) is 10.3. The van der Waals surface area contributed by atoms with Crippen LogP contribution < -0.4 is 4.74 Å². The maximum absolute atomic E-state index is 12.9. The molecule has 0 fully saturated rings. The molecule has 0 amide bonds. The molecule has 1 unspecified atom stereocenters. The molecule has 0 heterocycles. The van der Waals surface area contributed by atoms with Gasteiger partial charge in [0.05, 0.1) is 11.1 Å². The van der Waals surface area contributed by atoms with Gasteiger partial charge in [0.1, 0.15) is 11.6 Å². The molecule has 1 nitrogen and oxygen atoms in total. The third-order valence-electron chi connectivity index (χ3n) is 2.74. The van der Waals surface area contributed by atoms with E-state index in [1.165, 1.54) is 12.1 Å². The highest BCUT2D eigenvalue weighted by Crippen LogP contribution is 2.30. The molecule has 0 aromatic heterocycles. The summed E-state index contributed by atoms with van der Waals surface area (Å²) in [6, 6.07) is 4.46. The fraction of sp³-hybridized carbons (Fsp3) is 0.538. The van der Waals surface area contributed by atoms with Gasteiger partial charge in [0, 0.05) is 11.2 Å². The van der Waals surface area contributed by atoms with Gasteiger partial charge in [-0.3, -0.25) is 0 Å². The minimum Gasteiger partial charge on any atom is -0.492 e. The summed E-state index contributed by atoms with van der Waals surface area (Å²) in [4.78, 5) is 0. The lowest BCUT2D eigenvalue weighted by molar-refractivity contribution is 0.165. The third-order valence-corrected chi connectivity index (χ3v) is 4.15. The molecular weight excluding hydrogens is 351 g/mol. The maximum atomic E-state index is 12.9. The fourth-order valence-electron chi connectivity index (χ4n) is 1.31. The Morgan fingerprint density at radius 3 is 2.47 bits per heavy atom. The number of halogens is 3. The number of hydrogen-bond acceptors (Lipinski definition) is 1. The second-order valence-electron chi connectivity index (χ2n) is 5.10. The largest absolute Gasteiger partial charge is 0.492 e. The standard InChI is InChI=1S/C13H17Br2FO/c1-13(2,3)9(7-14)8-17-12-5-4-10(16)6-11(12)15/h4-6,9H,7-8H2,1-3H3. The molecule has 17 heavy (non-hydrogen) atoms. The maximum Gasteiger partial charge on any atom is 0.133 e. The molecule has 0 aliphatic carbocycles. The van der Waals surface area contributed by atoms with Crippen molar-refractivity contribution in [1.82, 2.24) is 0 Å². The van der Waals surface area contributed by atoms with Crippen LogP contribution in [0.4, 0.5) is 4.39 Å². The second kappa shape index (κ2) is 6.19. The Morgan fingerprint density at radius 2 is 2.00 bits per heavy atom. The fourth-order valence-corrected chi connectivity index (χ4v) is 2.93. The molecule has 1 atom stereocenters. The number of ether oxygens (including phenoxy) is 1. The summed E-state index contributed by atoms with van der Waals surface area (Å²) in [5.41, 5.74) is 0.177. The van der Waals surface area contributed by atoms with Gasteiger partial charge in [-0.05, 0) is 39.5 Å². The number of hydrogen-bond donors (Lipinski definition) is 0. The van der Waals surface area contributed by atoms with Gasteiger partial charge < -0.3 is 4.74 Å². The van der Waals surface area contributed by atoms with Crippen molar-refractivity contribution in [3.05, 3.63) is 28.5 Å². The van der Waals surface area contributed by atoms with Crippen LogP contribution in [0, 0.1) is 17.2 Å². The number of rotatable bonds is 4. The molecular formula is C13H17Br2FO. The molecule has 1 rings (SSSR count). The molecule has 1 aromatic carbocycles. The molecule has 0 spiro atoms. The topological polar surface area (TPSA) is 9.23 Å². The van der Waals surface area contributed by atoms with Gasteiger partial charge in [0.15, 0.2) is 0 Å². The monoisotopic (exact) mass is 366 g/mol. The molecule has 0 N–H and O–H groups in total. The molecule has 0 aliphatic heterocycles. The van der Waals surface area contributed by atoms with Crippen LogP contribution >= 0.6 is 31.9 Å². The van der Waals surface area contributed by atoms with E-state index in [0.29, 0.717) is 22.7 Å². The Hall–Kier alpha value is -0.0900. The smallest absolute Gasteiger partial charge is 0.133 e. The molecule has 4 heteroatoms. The summed E-state index contributed by atoms with van der Waals surface area (Å²) in [6.45, 7) is 7.16. The first-order valence-corrected chi connectivity index (χ1v) is 7.40. The normalized spacial score (nSPS) is 13.5. The van der Waals surface area contributed by atoms with E-state index in [1.54, 1.807) is 6.07 Å². The van der Waals surface area contributed by atoms with E-state index in [4.69, 9.17) is 4.74 Å². The van der Waals surface area contributed by atoms with Crippen molar-refractivity contribution in [3.8, 4) is 5.75 Å². The number of alkyl halides is 1. The van der Waals surface area contributed by atoms with E-state index < -0.39 is 0 Å². The van der Waals surface area contributed by atoms with E-state index in [0.717, 1.165) is 5.33 Å². The van der Waals surface area contributed by atoms with Gasteiger partial charge in [-0.25, -0.2) is 4.39 Å². The first-order valence-electron chi connectivity index (χ1n) is 5.48. The zero-order valence-corrected chi connectivity index (χ0v) is 13.4. The highest BCUT2D eigenvalue weighted by Gasteiger charge is 2.24. The van der Waals surface area contributed by atoms with Gasteiger partial charge in [0.25, 0.3) is 0 Å². The highest BCUT2D eigenvalue weighted by molar-refractivity contribution is 9.10. The van der Waals surface area contributed by atoms with Gasteiger partial charge >= 0.3 is 0 Å². The van der Waals surface area contributed by atoms with E-state index >= 15 is 0 Å². The van der Waals surface area contributed by atoms with E-state index in [1.807, 2.05) is 0 Å². The van der Waals surface area contributed by atoms with E-state index in [2.05, 4.69) is 52.6 Å². The van der Waals surface area contributed by atoms with Crippen LogP contribution in [0.5, 0.6) is 5.75 Å². The Labute approximate surface area is 119 Å². The summed E-state index contributed by atoms with van der Waals surface area (Å²) in [5.74, 6) is 0.818. The SMILES string of the molecule is CC(C)(C)C(CBr)COc1ccc(F)cc1Br. The summed E-state index contributed by atoms with van der Waals surface area (Å²) < 4.78 is 19.3. The van der Waals surface area contributed by atoms with Gasteiger partial charge in [-0.15, -0.1) is 0 Å². The molecule has 96 valence electrons. The molecule has 0 radical (unpaired) electrons. The number of benzene rings is 1. The predicted molar refractivity (Wildman–Crippen MR) is 76.3 cm³/mol. The van der Waals surface area contributed by atoms with Crippen molar-refractivity contribution in [3.63, 3.8) is 0 Å². The van der Waals surface area contributed by atoms with Crippen molar-refractivity contribution < 1.29 is 9.13 Å². The van der Waals surface area contributed by atoms with Gasteiger partial charge in [-0.2, -0.15) is 0 Å². The Morgan fingerprint density at radius 1 is 1.35 bits per heavy atom. The average Bonchev–Trinajstić information content (AvgIpc) is 2.19. The molecule has 0 saturated carbocycles. The van der Waals surface area contributed by atoms with Gasteiger partial charge in [0.2, 0.25) is 0 Å². The molecule has 0 bridgehead atoms. The average molecular weight is 368 g/mol. The van der Waals surface area contributed by atoms with Crippen LogP contribution in [0.25, 0.3) is 0 Å². The van der Waals surface area contributed by atoms with Crippen molar-refractivity contribution >= 4 is 31.9 Å². The van der Waals surface area contributed by atoms with E-state index in [-0.39, 0.29) is 11.2 Å². The minimum atomic E-state index is -0.267. The minimum absolute atomic E-state index is 0.177. The van der Waals surface area contributed by atoms with Gasteiger partial charge in [-0.1, -0.05) is 36.7 Å². The Bertz CT molecular complexity index is 374. The van der Waals surface area contributed by atoms with Crippen LogP contribution in [0.3, 0.4) is 0 Å². The predicted octanol–water partition coefficient (Wildman–Crippen LogP) is 5.02. The summed E-state index contributed by atoms with van der Waals surface area (Å²) >= 11 is 6.80. The lowest BCUT2D eigenvalue weighted by atomic mass is 9.83. The zero-order chi connectivity index (χ0) is 13.1. The van der Waals surface area contributed by atoms with Crippen LogP contribution in [-0.4, -0.2) is 11.9 Å². The van der Waals surface area contributed by atoms with Crippen molar-refractivity contribution in [1.29, 1.82) is 0 Å². The van der Waals surface area contributed by atoms with Crippen LogP contribution in [-0.2, 0) is 0 Å². The Balaban J connectivity index is 2.66. The first-order chi connectivity index (χ1) is 7.84. The highest BCUT2D eigenvalue weighted by atomic mass is 79.9. The van der Waals surface area contributed by atoms with Crippen molar-refractivity contribution in [2.24, 2.45) is 11.3 Å². The molecule has 1 aromatic rings. The Kier molecular flexibility index (Phi) is 5.45. The third kappa shape index (κ3) is 4.59. The van der Waals surface area contributed by atoms with Crippen LogP contribution in [0.2, 0.25) is 0 Å². The first kappa shape index (κ1) is 15.0. The van der Waals surface area contributed by atoms with Crippen LogP contribution in [0.1, 0.15) is 20.8 Å². The van der Waals surface area contributed by atoms with Crippen LogP contribution in [0.15, 0.2) is 22.7 Å². The lowest BCUT2D eigenvalue weighted by Gasteiger charge is -2.29. The van der Waals surface area contributed by atoms with E-state index in [9.17, 15) is 4.39 Å². The van der Waals surface area contributed by atoms with Crippen molar-refractivity contribution in [2.75, 3.05) is 11.9 Å².